The number of nitrogens with zero attached hydrogens (tertiary/aromatic N) is 1. The van der Waals surface area contributed by atoms with Crippen LogP contribution >= 0.6 is 11.6 Å². The molecule has 2 aromatic rings. The van der Waals surface area contributed by atoms with E-state index < -0.39 is 0 Å². The minimum atomic E-state index is -0.359. The summed E-state index contributed by atoms with van der Waals surface area (Å²) in [4.78, 5) is 10.8. The Morgan fingerprint density at radius 3 is 2.92 bits per heavy atom. The van der Waals surface area contributed by atoms with Crippen LogP contribution < -0.4 is 10.1 Å². The fourth-order valence-electron chi connectivity index (χ4n) is 3.97. The first-order chi connectivity index (χ1) is 12.1. The van der Waals surface area contributed by atoms with Crippen LogP contribution in [0.3, 0.4) is 0 Å². The van der Waals surface area contributed by atoms with E-state index in [9.17, 15) is 10.1 Å². The van der Waals surface area contributed by atoms with Crippen molar-refractivity contribution in [3.05, 3.63) is 74.8 Å². The second-order valence-electron chi connectivity index (χ2n) is 6.37. The number of benzene rings is 2. The van der Waals surface area contributed by atoms with Crippen molar-refractivity contribution in [3.8, 4) is 5.75 Å². The summed E-state index contributed by atoms with van der Waals surface area (Å²) in [7, 11) is 1.63. The van der Waals surface area contributed by atoms with E-state index in [1.54, 1.807) is 19.2 Å². The van der Waals surface area contributed by atoms with E-state index in [1.807, 2.05) is 18.2 Å². The average Bonchev–Trinajstić information content (AvgIpc) is 3.11. The molecule has 1 aliphatic carbocycles. The van der Waals surface area contributed by atoms with Crippen LogP contribution in [-0.4, -0.2) is 12.0 Å². The zero-order valence-electron chi connectivity index (χ0n) is 13.6. The molecule has 1 aliphatic heterocycles. The second kappa shape index (κ2) is 6.08. The van der Waals surface area contributed by atoms with Crippen LogP contribution in [0.5, 0.6) is 5.75 Å². The number of allylic oxidation sites excluding steroid dienone is 2. The third-order valence-corrected chi connectivity index (χ3v) is 5.42. The molecule has 1 heterocycles. The quantitative estimate of drug-likeness (QED) is 0.473. The molecule has 2 aliphatic rings. The third-order valence-electron chi connectivity index (χ3n) is 5.09. The average molecular weight is 357 g/mol. The monoisotopic (exact) mass is 356 g/mol. The molecule has 0 bridgehead atoms. The van der Waals surface area contributed by atoms with Crippen molar-refractivity contribution in [3.63, 3.8) is 0 Å². The summed E-state index contributed by atoms with van der Waals surface area (Å²) in [6.45, 7) is 0. The summed E-state index contributed by atoms with van der Waals surface area (Å²) < 4.78 is 5.51. The summed E-state index contributed by atoms with van der Waals surface area (Å²) >= 11 is 6.48. The van der Waals surface area contributed by atoms with Crippen LogP contribution in [0.15, 0.2) is 48.6 Å². The van der Waals surface area contributed by atoms with E-state index in [0.29, 0.717) is 5.02 Å². The maximum atomic E-state index is 11.1. The number of nitro groups is 1. The number of anilines is 1. The molecule has 5 nitrogen and oxygen atoms in total. The zero-order chi connectivity index (χ0) is 17.6. The number of hydrogen-bond donors (Lipinski definition) is 1. The first kappa shape index (κ1) is 16.0. The van der Waals surface area contributed by atoms with Gasteiger partial charge >= 0.3 is 0 Å². The first-order valence-corrected chi connectivity index (χ1v) is 8.52. The highest BCUT2D eigenvalue weighted by Gasteiger charge is 2.40. The minimum Gasteiger partial charge on any atom is -0.495 e. The molecule has 0 saturated carbocycles. The Bertz CT molecular complexity index is 881. The van der Waals surface area contributed by atoms with Gasteiger partial charge in [-0.2, -0.15) is 0 Å². The molecule has 2 aromatic carbocycles. The van der Waals surface area contributed by atoms with Crippen molar-refractivity contribution in [2.45, 2.75) is 18.4 Å². The van der Waals surface area contributed by atoms with Crippen molar-refractivity contribution in [2.75, 3.05) is 12.4 Å². The molecule has 6 heteroatoms. The van der Waals surface area contributed by atoms with Gasteiger partial charge in [0, 0.05) is 28.6 Å². The van der Waals surface area contributed by atoms with Gasteiger partial charge in [0.1, 0.15) is 5.75 Å². The van der Waals surface area contributed by atoms with E-state index >= 15 is 0 Å². The summed E-state index contributed by atoms with van der Waals surface area (Å²) in [6, 6.07) is 10.5. The van der Waals surface area contributed by atoms with Gasteiger partial charge in [0.15, 0.2) is 0 Å². The highest BCUT2D eigenvalue weighted by molar-refractivity contribution is 6.32. The molecule has 3 atom stereocenters. The van der Waals surface area contributed by atoms with Gasteiger partial charge in [-0.15, -0.1) is 0 Å². The van der Waals surface area contributed by atoms with Gasteiger partial charge in [-0.1, -0.05) is 35.9 Å². The van der Waals surface area contributed by atoms with E-state index in [0.717, 1.165) is 29.0 Å². The molecule has 1 N–H and O–H groups in total. The number of methoxy groups -OCH3 is 1. The highest BCUT2D eigenvalue weighted by atomic mass is 35.5. The Morgan fingerprint density at radius 1 is 1.32 bits per heavy atom. The standard InChI is InChI=1S/C19H17ClN2O3/c1-25-16-9-8-15(20)17-13-6-3-7-14(13)18(21-19(16)17)11-4-2-5-12(10-11)22(23)24/h2-6,8-10,13-14,18,21H,7H2,1H3/t13-,14+,18+/m0/s1. The van der Waals surface area contributed by atoms with Gasteiger partial charge in [-0.25, -0.2) is 0 Å². The maximum Gasteiger partial charge on any atom is 0.269 e. The summed E-state index contributed by atoms with van der Waals surface area (Å²) in [5.41, 5.74) is 2.92. The second-order valence-corrected chi connectivity index (χ2v) is 6.77. The Hall–Kier alpha value is -2.53. The van der Waals surface area contributed by atoms with Gasteiger partial charge in [0.25, 0.3) is 5.69 Å². The number of ether oxygens (including phenoxy) is 1. The predicted octanol–water partition coefficient (Wildman–Crippen LogP) is 5.08. The molecular formula is C19H17ClN2O3. The fraction of sp³-hybridized carbons (Fsp3) is 0.263. The lowest BCUT2D eigenvalue weighted by Gasteiger charge is -2.38. The van der Waals surface area contributed by atoms with Crippen molar-refractivity contribution >= 4 is 23.0 Å². The number of nitro benzene ring substituents is 1. The first-order valence-electron chi connectivity index (χ1n) is 8.14. The number of hydrogen-bond acceptors (Lipinski definition) is 4. The lowest BCUT2D eigenvalue weighted by molar-refractivity contribution is -0.384. The van der Waals surface area contributed by atoms with Crippen molar-refractivity contribution in [2.24, 2.45) is 5.92 Å². The molecule has 0 amide bonds. The minimum absolute atomic E-state index is 0.0419. The number of nitrogens with one attached hydrogen (secondary N) is 1. The van der Waals surface area contributed by atoms with E-state index in [4.69, 9.17) is 16.3 Å². The van der Waals surface area contributed by atoms with Crippen LogP contribution in [0.2, 0.25) is 5.02 Å². The SMILES string of the molecule is COc1ccc(Cl)c2c1N[C@H](c1cccc([N+](=O)[O-])c1)[C@@H]1CC=C[C@H]21. The summed E-state index contributed by atoms with van der Waals surface area (Å²) in [5.74, 6) is 1.16. The largest absolute Gasteiger partial charge is 0.495 e. The molecule has 0 saturated heterocycles. The molecule has 128 valence electrons. The van der Waals surface area contributed by atoms with Crippen molar-refractivity contribution in [1.29, 1.82) is 0 Å². The van der Waals surface area contributed by atoms with Crippen molar-refractivity contribution in [1.82, 2.24) is 0 Å². The van der Waals surface area contributed by atoms with Crippen LogP contribution in [0, 0.1) is 16.0 Å². The van der Waals surface area contributed by atoms with Crippen LogP contribution in [-0.2, 0) is 0 Å². The third kappa shape index (κ3) is 2.55. The van der Waals surface area contributed by atoms with E-state index in [1.165, 1.54) is 6.07 Å². The Labute approximate surface area is 150 Å². The van der Waals surface area contributed by atoms with Gasteiger partial charge < -0.3 is 10.1 Å². The number of non-ortho nitro benzene ring substituents is 1. The Kier molecular flexibility index (Phi) is 3.88. The topological polar surface area (TPSA) is 64.4 Å². The smallest absolute Gasteiger partial charge is 0.269 e. The number of halogens is 1. The molecule has 25 heavy (non-hydrogen) atoms. The van der Waals surface area contributed by atoms with Crippen LogP contribution in [0.1, 0.15) is 29.5 Å². The molecule has 0 fully saturated rings. The van der Waals surface area contributed by atoms with E-state index in [2.05, 4.69) is 17.5 Å². The highest BCUT2D eigenvalue weighted by Crippen LogP contribution is 2.54. The summed E-state index contributed by atoms with van der Waals surface area (Å²) in [6.07, 6.45) is 5.24. The molecule has 4 rings (SSSR count). The predicted molar refractivity (Wildman–Crippen MR) is 97.5 cm³/mol. The van der Waals surface area contributed by atoms with Gasteiger partial charge in [-0.05, 0) is 30.0 Å². The fourth-order valence-corrected chi connectivity index (χ4v) is 4.25. The molecule has 0 aromatic heterocycles. The molecule has 0 unspecified atom stereocenters. The van der Waals surface area contributed by atoms with Gasteiger partial charge in [0.05, 0.1) is 23.8 Å². The molecule has 0 spiro atoms. The summed E-state index contributed by atoms with van der Waals surface area (Å²) in [5, 5.41) is 15.4. The lowest BCUT2D eigenvalue weighted by Crippen LogP contribution is -2.29. The molecular weight excluding hydrogens is 340 g/mol. The van der Waals surface area contributed by atoms with Crippen LogP contribution in [0.4, 0.5) is 11.4 Å². The normalized spacial score (nSPS) is 23.5. The van der Waals surface area contributed by atoms with Gasteiger partial charge in [0.2, 0.25) is 0 Å². The zero-order valence-corrected chi connectivity index (χ0v) is 14.4. The van der Waals surface area contributed by atoms with Crippen LogP contribution in [0.25, 0.3) is 0 Å². The Morgan fingerprint density at radius 2 is 2.16 bits per heavy atom. The van der Waals surface area contributed by atoms with Crippen molar-refractivity contribution < 1.29 is 9.66 Å². The van der Waals surface area contributed by atoms with Gasteiger partial charge in [-0.3, -0.25) is 10.1 Å². The maximum absolute atomic E-state index is 11.1. The number of rotatable bonds is 3. The number of fused-ring (bicyclic) bond motifs is 3. The molecule has 0 radical (unpaired) electrons. The Balaban J connectivity index is 1.84. The lowest BCUT2D eigenvalue weighted by atomic mass is 9.77. The van der Waals surface area contributed by atoms with E-state index in [-0.39, 0.29) is 28.5 Å².